The van der Waals surface area contributed by atoms with Crippen LogP contribution in [0.5, 0.6) is 0 Å². The summed E-state index contributed by atoms with van der Waals surface area (Å²) in [5.41, 5.74) is 2.10. The van der Waals surface area contributed by atoms with Gasteiger partial charge in [0.05, 0.1) is 18.2 Å². The zero-order chi connectivity index (χ0) is 21.1. The Morgan fingerprint density at radius 3 is 2.83 bits per heavy atom. The molecule has 154 valence electrons. The van der Waals surface area contributed by atoms with Crippen molar-refractivity contribution in [2.24, 2.45) is 0 Å². The smallest absolute Gasteiger partial charge is 0.337 e. The minimum atomic E-state index is -0.428. The van der Waals surface area contributed by atoms with Crippen LogP contribution in [-0.4, -0.2) is 40.4 Å². The molecule has 1 aliphatic rings. The van der Waals surface area contributed by atoms with Crippen LogP contribution in [0, 0.1) is 0 Å². The Kier molecular flexibility index (Phi) is 6.01. The number of nitrogens with zero attached hydrogens (tertiary/aromatic N) is 2. The molecular weight excluding hydrogens is 420 g/mol. The molecule has 9 heteroatoms. The number of hydrogen-bond acceptors (Lipinski definition) is 7. The van der Waals surface area contributed by atoms with Gasteiger partial charge in [0.15, 0.2) is 0 Å². The summed E-state index contributed by atoms with van der Waals surface area (Å²) in [7, 11) is 0. The van der Waals surface area contributed by atoms with Gasteiger partial charge in [-0.15, -0.1) is 11.3 Å². The van der Waals surface area contributed by atoms with Gasteiger partial charge in [0, 0.05) is 21.7 Å². The molecule has 0 fully saturated rings. The maximum absolute atomic E-state index is 12.4. The van der Waals surface area contributed by atoms with E-state index in [0.717, 1.165) is 25.7 Å². The molecule has 7 nitrogen and oxygen atoms in total. The molecule has 0 spiro atoms. The predicted octanol–water partition coefficient (Wildman–Crippen LogP) is 3.97. The van der Waals surface area contributed by atoms with Crippen molar-refractivity contribution >= 4 is 45.3 Å². The van der Waals surface area contributed by atoms with E-state index >= 15 is 0 Å². The van der Waals surface area contributed by atoms with Crippen LogP contribution < -0.4 is 10.6 Å². The molecular formula is C21H20N4O3S2. The number of urea groups is 1. The zero-order valence-corrected chi connectivity index (χ0v) is 18.1. The Bertz CT molecular complexity index is 1130. The highest BCUT2D eigenvalue weighted by Crippen LogP contribution is 2.36. The van der Waals surface area contributed by atoms with Crippen molar-refractivity contribution in [1.82, 2.24) is 20.6 Å². The summed E-state index contributed by atoms with van der Waals surface area (Å²) in [6.45, 7) is 3.79. The lowest BCUT2D eigenvalue weighted by molar-refractivity contribution is -0.138. The summed E-state index contributed by atoms with van der Waals surface area (Å²) >= 11 is 3.06. The fourth-order valence-electron chi connectivity index (χ4n) is 3.23. The van der Waals surface area contributed by atoms with Crippen LogP contribution in [0.2, 0.25) is 0 Å². The number of thioether (sulfide) groups is 1. The molecule has 0 saturated carbocycles. The number of rotatable bonds is 6. The van der Waals surface area contributed by atoms with Crippen LogP contribution in [0.4, 0.5) is 4.79 Å². The number of esters is 1. The SMILES string of the molecule is CCOC(=O)C1=C(CSc2ncnc3sc(-c4ccccc4)cc23)NC(=O)NC1C. The highest BCUT2D eigenvalue weighted by atomic mass is 32.2. The average Bonchev–Trinajstić information content (AvgIpc) is 3.17. The molecule has 2 aromatic heterocycles. The summed E-state index contributed by atoms with van der Waals surface area (Å²) in [5.74, 6) is -0.0445. The Balaban J connectivity index is 1.63. The lowest BCUT2D eigenvalue weighted by Crippen LogP contribution is -2.49. The van der Waals surface area contributed by atoms with Crippen molar-refractivity contribution in [2.45, 2.75) is 24.9 Å². The number of carbonyl (C=O) groups is 2. The van der Waals surface area contributed by atoms with E-state index in [1.54, 1.807) is 31.5 Å². The first-order valence-electron chi connectivity index (χ1n) is 9.47. The minimum absolute atomic E-state index is 0.271. The molecule has 0 bridgehead atoms. The van der Waals surface area contributed by atoms with E-state index in [2.05, 4.69) is 38.8 Å². The highest BCUT2D eigenvalue weighted by Gasteiger charge is 2.29. The van der Waals surface area contributed by atoms with E-state index in [-0.39, 0.29) is 12.6 Å². The van der Waals surface area contributed by atoms with Crippen molar-refractivity contribution in [3.63, 3.8) is 0 Å². The van der Waals surface area contributed by atoms with Gasteiger partial charge < -0.3 is 15.4 Å². The lowest BCUT2D eigenvalue weighted by Gasteiger charge is -2.26. The van der Waals surface area contributed by atoms with Gasteiger partial charge in [-0.05, 0) is 25.5 Å². The monoisotopic (exact) mass is 440 g/mol. The standard InChI is InChI=1S/C21H20N4O3S2/c1-3-28-20(26)17-12(2)24-21(27)25-15(17)10-29-18-14-9-16(13-7-5-4-6-8-13)30-19(14)23-11-22-18/h4-9,11-12H,3,10H2,1-2H3,(H2,24,25,27). The average molecular weight is 441 g/mol. The van der Waals surface area contributed by atoms with Crippen molar-refractivity contribution in [2.75, 3.05) is 12.4 Å². The summed E-state index contributed by atoms with van der Waals surface area (Å²) in [6, 6.07) is 11.5. The quantitative estimate of drug-likeness (QED) is 0.342. The topological polar surface area (TPSA) is 93.2 Å². The maximum atomic E-state index is 12.4. The second-order valence-corrected chi connectivity index (χ2v) is 8.59. The van der Waals surface area contributed by atoms with Crippen LogP contribution in [-0.2, 0) is 9.53 Å². The Morgan fingerprint density at radius 1 is 1.27 bits per heavy atom. The zero-order valence-electron chi connectivity index (χ0n) is 16.5. The third-order valence-corrected chi connectivity index (χ3v) is 6.69. The summed E-state index contributed by atoms with van der Waals surface area (Å²) in [4.78, 5) is 35.2. The Hall–Kier alpha value is -2.91. The van der Waals surface area contributed by atoms with E-state index in [1.807, 2.05) is 18.2 Å². The molecule has 30 heavy (non-hydrogen) atoms. The fraction of sp³-hybridized carbons (Fsp3) is 0.238. The molecule has 0 saturated heterocycles. The number of fused-ring (bicyclic) bond motifs is 1. The molecule has 2 amide bonds. The molecule has 0 radical (unpaired) electrons. The molecule has 3 heterocycles. The number of amides is 2. The maximum Gasteiger partial charge on any atom is 0.337 e. The molecule has 4 rings (SSSR count). The molecule has 1 aromatic carbocycles. The van der Waals surface area contributed by atoms with E-state index in [9.17, 15) is 9.59 Å². The fourth-order valence-corrected chi connectivity index (χ4v) is 5.24. The lowest BCUT2D eigenvalue weighted by atomic mass is 10.1. The highest BCUT2D eigenvalue weighted by molar-refractivity contribution is 7.99. The normalized spacial score (nSPS) is 16.3. The first-order valence-corrected chi connectivity index (χ1v) is 11.3. The van der Waals surface area contributed by atoms with E-state index in [4.69, 9.17) is 4.74 Å². The molecule has 3 aromatic rings. The number of ether oxygens (including phenoxy) is 1. The number of benzene rings is 1. The largest absolute Gasteiger partial charge is 0.463 e. The van der Waals surface area contributed by atoms with Crippen molar-refractivity contribution in [3.8, 4) is 10.4 Å². The summed E-state index contributed by atoms with van der Waals surface area (Å²) < 4.78 is 5.17. The van der Waals surface area contributed by atoms with E-state index in [0.29, 0.717) is 17.0 Å². The summed E-state index contributed by atoms with van der Waals surface area (Å²) in [5, 5.41) is 7.22. The Labute approximate surface area is 181 Å². The van der Waals surface area contributed by atoms with Gasteiger partial charge in [-0.2, -0.15) is 0 Å². The van der Waals surface area contributed by atoms with Crippen molar-refractivity contribution in [3.05, 3.63) is 54.0 Å². The first-order chi connectivity index (χ1) is 14.6. The van der Waals surface area contributed by atoms with Gasteiger partial charge in [-0.1, -0.05) is 42.1 Å². The van der Waals surface area contributed by atoms with Crippen LogP contribution in [0.15, 0.2) is 59.0 Å². The van der Waals surface area contributed by atoms with Crippen LogP contribution in [0.3, 0.4) is 0 Å². The van der Waals surface area contributed by atoms with Crippen molar-refractivity contribution in [1.29, 1.82) is 0 Å². The van der Waals surface area contributed by atoms with Crippen molar-refractivity contribution < 1.29 is 14.3 Å². The Morgan fingerprint density at radius 2 is 2.07 bits per heavy atom. The number of hydrogen-bond donors (Lipinski definition) is 2. The second kappa shape index (κ2) is 8.85. The molecule has 1 atom stereocenters. The number of aromatic nitrogens is 2. The van der Waals surface area contributed by atoms with Crippen LogP contribution in [0.25, 0.3) is 20.7 Å². The number of thiophene rings is 1. The van der Waals surface area contributed by atoms with E-state index < -0.39 is 12.0 Å². The van der Waals surface area contributed by atoms with Gasteiger partial charge in [0.1, 0.15) is 16.2 Å². The van der Waals surface area contributed by atoms with Gasteiger partial charge in [-0.3, -0.25) is 0 Å². The van der Waals surface area contributed by atoms with Gasteiger partial charge >= 0.3 is 12.0 Å². The minimum Gasteiger partial charge on any atom is -0.463 e. The molecule has 0 aliphatic carbocycles. The van der Waals surface area contributed by atoms with Gasteiger partial charge in [0.2, 0.25) is 0 Å². The van der Waals surface area contributed by atoms with Gasteiger partial charge in [0.25, 0.3) is 0 Å². The third-order valence-electron chi connectivity index (χ3n) is 4.57. The predicted molar refractivity (Wildman–Crippen MR) is 118 cm³/mol. The third kappa shape index (κ3) is 4.17. The second-order valence-electron chi connectivity index (χ2n) is 6.60. The van der Waals surface area contributed by atoms with Crippen LogP contribution in [0.1, 0.15) is 13.8 Å². The molecule has 1 unspecified atom stereocenters. The van der Waals surface area contributed by atoms with E-state index in [1.165, 1.54) is 11.8 Å². The molecule has 2 N–H and O–H groups in total. The first kappa shape index (κ1) is 20.4. The van der Waals surface area contributed by atoms with Gasteiger partial charge in [-0.25, -0.2) is 19.6 Å². The van der Waals surface area contributed by atoms with Crippen LogP contribution >= 0.6 is 23.1 Å². The number of carbonyl (C=O) groups excluding carboxylic acids is 2. The number of nitrogens with one attached hydrogen (secondary N) is 2. The summed E-state index contributed by atoms with van der Waals surface area (Å²) in [6.07, 6.45) is 1.54. The molecule has 1 aliphatic heterocycles.